The molecule has 6 heteroatoms. The summed E-state index contributed by atoms with van der Waals surface area (Å²) in [6, 6.07) is 19.5. The monoisotopic (exact) mass is 392 g/mol. The number of thioether (sulfide) groups is 1. The van der Waals surface area contributed by atoms with Crippen LogP contribution in [0.1, 0.15) is 5.56 Å². The zero-order chi connectivity index (χ0) is 19.6. The first-order valence-corrected chi connectivity index (χ1v) is 9.84. The van der Waals surface area contributed by atoms with Gasteiger partial charge in [-0.15, -0.1) is 11.8 Å². The van der Waals surface area contributed by atoms with Crippen LogP contribution in [-0.4, -0.2) is 35.8 Å². The molecule has 0 atom stereocenters. The first-order chi connectivity index (χ1) is 13.7. The van der Waals surface area contributed by atoms with E-state index < -0.39 is 5.97 Å². The van der Waals surface area contributed by atoms with Gasteiger partial charge in [0.05, 0.1) is 5.52 Å². The second-order valence-electron chi connectivity index (χ2n) is 5.87. The Bertz CT molecular complexity index is 968. The zero-order valence-corrected chi connectivity index (χ0v) is 16.0. The van der Waals surface area contributed by atoms with E-state index in [0.29, 0.717) is 6.54 Å². The maximum Gasteiger partial charge on any atom is 0.331 e. The summed E-state index contributed by atoms with van der Waals surface area (Å²) >= 11 is 1.65. The fourth-order valence-electron chi connectivity index (χ4n) is 2.53. The van der Waals surface area contributed by atoms with Crippen LogP contribution in [0.3, 0.4) is 0 Å². The van der Waals surface area contributed by atoms with Gasteiger partial charge in [0.25, 0.3) is 5.91 Å². The van der Waals surface area contributed by atoms with Crippen molar-refractivity contribution in [1.82, 2.24) is 10.3 Å². The summed E-state index contributed by atoms with van der Waals surface area (Å²) in [5.74, 6) is -0.137. The third-order valence-corrected chi connectivity index (χ3v) is 4.86. The average Bonchev–Trinajstić information content (AvgIpc) is 2.74. The van der Waals surface area contributed by atoms with Crippen LogP contribution >= 0.6 is 11.8 Å². The molecule has 5 nitrogen and oxygen atoms in total. The molecule has 1 N–H and O–H groups in total. The van der Waals surface area contributed by atoms with Crippen LogP contribution in [0.4, 0.5) is 0 Å². The number of ether oxygens (including phenoxy) is 1. The number of hydrogen-bond donors (Lipinski definition) is 1. The number of para-hydroxylation sites is 1. The number of aromatic nitrogens is 1. The summed E-state index contributed by atoms with van der Waals surface area (Å²) in [7, 11) is 0. The number of hydrogen-bond acceptors (Lipinski definition) is 5. The molecule has 1 aromatic heterocycles. The lowest BCUT2D eigenvalue weighted by Gasteiger charge is -2.05. The Kier molecular flexibility index (Phi) is 7.21. The number of benzene rings is 2. The Hall–Kier alpha value is -3.12. The van der Waals surface area contributed by atoms with Crippen molar-refractivity contribution in [3.63, 3.8) is 0 Å². The molecule has 0 bridgehead atoms. The van der Waals surface area contributed by atoms with Crippen molar-refractivity contribution < 1.29 is 14.3 Å². The number of nitrogens with zero attached hydrogens (tertiary/aromatic N) is 1. The van der Waals surface area contributed by atoms with Crippen molar-refractivity contribution in [1.29, 1.82) is 0 Å². The number of fused-ring (bicyclic) bond motifs is 1. The molecule has 3 rings (SSSR count). The molecule has 0 radical (unpaired) electrons. The van der Waals surface area contributed by atoms with Gasteiger partial charge >= 0.3 is 5.97 Å². The largest absolute Gasteiger partial charge is 0.452 e. The van der Waals surface area contributed by atoms with Gasteiger partial charge in [0.1, 0.15) is 0 Å². The molecular weight excluding hydrogens is 372 g/mol. The fraction of sp³-hybridized carbons (Fsp3) is 0.136. The van der Waals surface area contributed by atoms with Crippen LogP contribution in [0.2, 0.25) is 0 Å². The number of nitrogens with one attached hydrogen (secondary N) is 1. The van der Waals surface area contributed by atoms with E-state index in [0.717, 1.165) is 27.1 Å². The Morgan fingerprint density at radius 3 is 2.71 bits per heavy atom. The Morgan fingerprint density at radius 2 is 1.86 bits per heavy atom. The molecule has 0 spiro atoms. The average molecular weight is 392 g/mol. The Morgan fingerprint density at radius 1 is 1.04 bits per heavy atom. The number of carbonyl (C=O) groups is 2. The van der Waals surface area contributed by atoms with Crippen molar-refractivity contribution in [2.24, 2.45) is 0 Å². The van der Waals surface area contributed by atoms with Gasteiger partial charge in [0, 0.05) is 40.4 Å². The third-order valence-electron chi connectivity index (χ3n) is 3.84. The predicted molar refractivity (Wildman–Crippen MR) is 112 cm³/mol. The first-order valence-electron chi connectivity index (χ1n) is 8.85. The quantitative estimate of drug-likeness (QED) is 0.274. The highest BCUT2D eigenvalue weighted by molar-refractivity contribution is 7.99. The van der Waals surface area contributed by atoms with Crippen molar-refractivity contribution >= 4 is 40.6 Å². The molecule has 1 amide bonds. The normalized spacial score (nSPS) is 10.9. The second kappa shape index (κ2) is 10.3. The first kappa shape index (κ1) is 19.6. The summed E-state index contributed by atoms with van der Waals surface area (Å²) in [5, 5.41) is 3.73. The lowest BCUT2D eigenvalue weighted by Crippen LogP contribution is -2.30. The molecule has 2 aromatic carbocycles. The van der Waals surface area contributed by atoms with Crippen molar-refractivity contribution in [2.75, 3.05) is 18.9 Å². The van der Waals surface area contributed by atoms with Crippen molar-refractivity contribution in [3.8, 4) is 0 Å². The summed E-state index contributed by atoms with van der Waals surface area (Å²) in [6.07, 6.45) is 4.66. The van der Waals surface area contributed by atoms with Crippen LogP contribution in [0.5, 0.6) is 0 Å². The molecule has 0 unspecified atom stereocenters. The SMILES string of the molecule is O=C(COC(=O)/C=C/c1cccc2cccnc12)NCCSc1ccccc1. The highest BCUT2D eigenvalue weighted by atomic mass is 32.2. The van der Waals surface area contributed by atoms with Crippen molar-refractivity contribution in [2.45, 2.75) is 4.90 Å². The van der Waals surface area contributed by atoms with E-state index in [4.69, 9.17) is 4.74 Å². The standard InChI is InChI=1S/C22H20N2O3S/c25-20(23-14-15-28-19-9-2-1-3-10-19)16-27-21(26)12-11-18-7-4-6-17-8-5-13-24-22(17)18/h1-13H,14-16H2,(H,23,25)/b12-11+. The molecule has 142 valence electrons. The fourth-order valence-corrected chi connectivity index (χ4v) is 3.32. The summed E-state index contributed by atoms with van der Waals surface area (Å²) < 4.78 is 4.99. The summed E-state index contributed by atoms with van der Waals surface area (Å²) in [4.78, 5) is 29.1. The minimum Gasteiger partial charge on any atom is -0.452 e. The second-order valence-corrected chi connectivity index (χ2v) is 7.04. The Labute approximate surface area is 167 Å². The summed E-state index contributed by atoms with van der Waals surface area (Å²) in [5.41, 5.74) is 1.63. The lowest BCUT2D eigenvalue weighted by molar-refractivity contribution is -0.143. The number of rotatable bonds is 8. The van der Waals surface area contributed by atoms with Gasteiger partial charge in [-0.25, -0.2) is 4.79 Å². The van der Waals surface area contributed by atoms with Gasteiger partial charge < -0.3 is 10.1 Å². The maximum atomic E-state index is 11.9. The van der Waals surface area contributed by atoms with Gasteiger partial charge in [0.2, 0.25) is 0 Å². The minimum atomic E-state index is -0.568. The molecule has 0 fully saturated rings. The van der Waals surface area contributed by atoms with Gasteiger partial charge in [-0.1, -0.05) is 42.5 Å². The summed E-state index contributed by atoms with van der Waals surface area (Å²) in [6.45, 7) is 0.209. The third kappa shape index (κ3) is 5.96. The van der Waals surface area contributed by atoms with E-state index in [-0.39, 0.29) is 12.5 Å². The van der Waals surface area contributed by atoms with Crippen LogP contribution in [0.15, 0.2) is 77.8 Å². The van der Waals surface area contributed by atoms with E-state index in [1.54, 1.807) is 24.0 Å². The van der Waals surface area contributed by atoms with E-state index >= 15 is 0 Å². The highest BCUT2D eigenvalue weighted by Crippen LogP contribution is 2.17. The van der Waals surface area contributed by atoms with Crippen LogP contribution < -0.4 is 5.32 Å². The lowest BCUT2D eigenvalue weighted by atomic mass is 10.1. The number of esters is 1. The van der Waals surface area contributed by atoms with E-state index in [9.17, 15) is 9.59 Å². The molecule has 1 heterocycles. The molecule has 3 aromatic rings. The molecule has 0 aliphatic carbocycles. The molecule has 28 heavy (non-hydrogen) atoms. The highest BCUT2D eigenvalue weighted by Gasteiger charge is 2.05. The van der Waals surface area contributed by atoms with Gasteiger partial charge in [-0.3, -0.25) is 9.78 Å². The smallest absolute Gasteiger partial charge is 0.331 e. The van der Waals surface area contributed by atoms with Gasteiger partial charge in [-0.2, -0.15) is 0 Å². The van der Waals surface area contributed by atoms with E-state index in [1.807, 2.05) is 60.7 Å². The van der Waals surface area contributed by atoms with Crippen LogP contribution in [0, 0.1) is 0 Å². The van der Waals surface area contributed by atoms with Gasteiger partial charge in [0.15, 0.2) is 6.61 Å². The van der Waals surface area contributed by atoms with E-state index in [1.165, 1.54) is 6.08 Å². The molecule has 0 saturated carbocycles. The molecule has 0 saturated heterocycles. The van der Waals surface area contributed by atoms with Crippen molar-refractivity contribution in [3.05, 3.63) is 78.5 Å². The van der Waals surface area contributed by atoms with Crippen LogP contribution in [-0.2, 0) is 14.3 Å². The molecule has 0 aliphatic heterocycles. The molecule has 0 aliphatic rings. The Balaban J connectivity index is 1.40. The number of pyridine rings is 1. The topological polar surface area (TPSA) is 68.3 Å². The molecular formula is C22H20N2O3S. The number of carbonyl (C=O) groups excluding carboxylic acids is 2. The maximum absolute atomic E-state index is 11.9. The predicted octanol–water partition coefficient (Wildman–Crippen LogP) is 3.70. The number of amides is 1. The van der Waals surface area contributed by atoms with Gasteiger partial charge in [-0.05, 0) is 24.3 Å². The van der Waals surface area contributed by atoms with Crippen LogP contribution in [0.25, 0.3) is 17.0 Å². The van der Waals surface area contributed by atoms with E-state index in [2.05, 4.69) is 10.3 Å². The zero-order valence-electron chi connectivity index (χ0n) is 15.2. The minimum absolute atomic E-state index is 0.299.